The highest BCUT2D eigenvalue weighted by atomic mass is 79.9. The first-order valence-electron chi connectivity index (χ1n) is 7.52. The minimum absolute atomic E-state index is 0.147. The van der Waals surface area contributed by atoms with Gasteiger partial charge in [-0.1, -0.05) is 22.0 Å². The topological polar surface area (TPSA) is 50.7 Å². The number of halogens is 2. The molecule has 0 radical (unpaired) electrons. The highest BCUT2D eigenvalue weighted by Crippen LogP contribution is 2.31. The molecule has 0 atom stereocenters. The van der Waals surface area contributed by atoms with E-state index in [2.05, 4.69) is 42.2 Å². The Morgan fingerprint density at radius 2 is 1.96 bits per heavy atom. The molecule has 1 saturated heterocycles. The summed E-state index contributed by atoms with van der Waals surface area (Å²) in [7, 11) is 0. The van der Waals surface area contributed by atoms with Crippen LogP contribution in [-0.4, -0.2) is 17.7 Å². The highest BCUT2D eigenvalue weighted by Gasteiger charge is 2.23. The standard InChI is InChI=1S/C18H14Br2N2O2S/c1-2-24-15-8-3-11(9-14(15)20)10-16-17(23)22-18(25-16)21-13-6-4-12(19)5-7-13/h3-10H,2H2,1H3,(H,21,22,23)/b16-10-. The Kier molecular flexibility index (Phi) is 5.98. The predicted molar refractivity (Wildman–Crippen MR) is 110 cm³/mol. The number of hydrogen-bond donors (Lipinski definition) is 1. The average molecular weight is 482 g/mol. The number of carbonyl (C=O) groups excluding carboxylic acids is 1. The predicted octanol–water partition coefficient (Wildman–Crippen LogP) is 5.50. The molecule has 0 aromatic heterocycles. The van der Waals surface area contributed by atoms with E-state index in [0.717, 1.165) is 25.9 Å². The first kappa shape index (κ1) is 18.2. The average Bonchev–Trinajstić information content (AvgIpc) is 2.92. The van der Waals surface area contributed by atoms with Gasteiger partial charge in [0.15, 0.2) is 5.17 Å². The van der Waals surface area contributed by atoms with Crippen molar-refractivity contribution in [1.29, 1.82) is 0 Å². The lowest BCUT2D eigenvalue weighted by Crippen LogP contribution is -2.19. The number of amides is 1. The van der Waals surface area contributed by atoms with Crippen molar-refractivity contribution in [3.05, 3.63) is 61.9 Å². The van der Waals surface area contributed by atoms with E-state index in [-0.39, 0.29) is 5.91 Å². The van der Waals surface area contributed by atoms with Gasteiger partial charge < -0.3 is 10.1 Å². The van der Waals surface area contributed by atoms with Crippen LogP contribution in [0, 0.1) is 0 Å². The summed E-state index contributed by atoms with van der Waals surface area (Å²) in [6, 6.07) is 13.3. The van der Waals surface area contributed by atoms with Crippen LogP contribution in [0.2, 0.25) is 0 Å². The quantitative estimate of drug-likeness (QED) is 0.586. The van der Waals surface area contributed by atoms with Crippen LogP contribution in [0.15, 0.2) is 61.3 Å². The Morgan fingerprint density at radius 1 is 1.20 bits per heavy atom. The lowest BCUT2D eigenvalue weighted by Gasteiger charge is -2.06. The molecule has 1 amide bonds. The number of benzene rings is 2. The SMILES string of the molecule is CCOc1ccc(/C=C2\SC(=Nc3ccc(Br)cc3)NC2=O)cc1Br. The van der Waals surface area contributed by atoms with Gasteiger partial charge in [0, 0.05) is 4.47 Å². The van der Waals surface area contributed by atoms with Gasteiger partial charge in [-0.15, -0.1) is 0 Å². The van der Waals surface area contributed by atoms with Crippen molar-refractivity contribution < 1.29 is 9.53 Å². The van der Waals surface area contributed by atoms with Gasteiger partial charge in [0.25, 0.3) is 5.91 Å². The highest BCUT2D eigenvalue weighted by molar-refractivity contribution is 9.10. The van der Waals surface area contributed by atoms with Gasteiger partial charge in [0.1, 0.15) is 5.75 Å². The largest absolute Gasteiger partial charge is 0.493 e. The summed E-state index contributed by atoms with van der Waals surface area (Å²) in [6.07, 6.45) is 1.84. The van der Waals surface area contributed by atoms with Gasteiger partial charge in [-0.2, -0.15) is 0 Å². The van der Waals surface area contributed by atoms with Crippen LogP contribution < -0.4 is 10.1 Å². The van der Waals surface area contributed by atoms with Crippen LogP contribution in [0.4, 0.5) is 5.69 Å². The summed E-state index contributed by atoms with van der Waals surface area (Å²) >= 11 is 8.20. The molecule has 1 aliphatic rings. The van der Waals surface area contributed by atoms with Gasteiger partial charge in [-0.25, -0.2) is 4.99 Å². The van der Waals surface area contributed by atoms with E-state index in [1.807, 2.05) is 55.5 Å². The number of rotatable bonds is 4. The third kappa shape index (κ3) is 4.74. The number of thioether (sulfide) groups is 1. The summed E-state index contributed by atoms with van der Waals surface area (Å²) in [4.78, 5) is 17.2. The van der Waals surface area contributed by atoms with Crippen LogP contribution in [0.3, 0.4) is 0 Å². The number of ether oxygens (including phenoxy) is 1. The van der Waals surface area contributed by atoms with Crippen LogP contribution in [0.25, 0.3) is 6.08 Å². The Labute approximate surface area is 167 Å². The molecule has 1 fully saturated rings. The number of aliphatic imine (C=N–C) groups is 1. The molecule has 0 bridgehead atoms. The molecule has 3 rings (SSSR count). The van der Waals surface area contributed by atoms with Crippen LogP contribution in [0.1, 0.15) is 12.5 Å². The number of hydrogen-bond acceptors (Lipinski definition) is 4. The molecule has 0 aliphatic carbocycles. The second-order valence-electron chi connectivity index (χ2n) is 5.08. The van der Waals surface area contributed by atoms with Crippen LogP contribution >= 0.6 is 43.6 Å². The molecule has 0 saturated carbocycles. The van der Waals surface area contributed by atoms with E-state index in [1.165, 1.54) is 11.8 Å². The van der Waals surface area contributed by atoms with Gasteiger partial charge in [-0.3, -0.25) is 4.79 Å². The van der Waals surface area contributed by atoms with Crippen LogP contribution in [-0.2, 0) is 4.79 Å². The molecule has 2 aromatic carbocycles. The van der Waals surface area contributed by atoms with Gasteiger partial charge >= 0.3 is 0 Å². The van der Waals surface area contributed by atoms with Crippen molar-refractivity contribution >= 4 is 66.5 Å². The summed E-state index contributed by atoms with van der Waals surface area (Å²) in [5, 5.41) is 3.36. The molecule has 0 unspecified atom stereocenters. The van der Waals surface area contributed by atoms with Crippen LogP contribution in [0.5, 0.6) is 5.75 Å². The van der Waals surface area contributed by atoms with Crippen molar-refractivity contribution in [3.8, 4) is 5.75 Å². The van der Waals surface area contributed by atoms with E-state index in [0.29, 0.717) is 16.7 Å². The third-order valence-electron chi connectivity index (χ3n) is 3.26. The van der Waals surface area contributed by atoms with E-state index in [1.54, 1.807) is 0 Å². The zero-order valence-electron chi connectivity index (χ0n) is 13.3. The van der Waals surface area contributed by atoms with Crippen molar-refractivity contribution in [2.75, 3.05) is 6.61 Å². The fourth-order valence-electron chi connectivity index (χ4n) is 2.14. The number of carbonyl (C=O) groups is 1. The molecule has 1 N–H and O–H groups in total. The summed E-state index contributed by atoms with van der Waals surface area (Å²) in [5.74, 6) is 0.636. The molecule has 4 nitrogen and oxygen atoms in total. The molecule has 25 heavy (non-hydrogen) atoms. The Morgan fingerprint density at radius 3 is 2.64 bits per heavy atom. The van der Waals surface area contributed by atoms with E-state index < -0.39 is 0 Å². The van der Waals surface area contributed by atoms with Gasteiger partial charge in [0.2, 0.25) is 0 Å². The molecule has 0 spiro atoms. The second-order valence-corrected chi connectivity index (χ2v) is 7.88. The normalized spacial score (nSPS) is 17.2. The van der Waals surface area contributed by atoms with Gasteiger partial charge in [-0.05, 0) is 82.7 Å². The lowest BCUT2D eigenvalue weighted by atomic mass is 10.2. The molecule has 2 aromatic rings. The summed E-state index contributed by atoms with van der Waals surface area (Å²) in [6.45, 7) is 2.54. The number of amidine groups is 1. The first-order chi connectivity index (χ1) is 12.0. The molecule has 1 aliphatic heterocycles. The monoisotopic (exact) mass is 480 g/mol. The summed E-state index contributed by atoms with van der Waals surface area (Å²) in [5.41, 5.74) is 1.70. The van der Waals surface area contributed by atoms with E-state index in [4.69, 9.17) is 4.74 Å². The van der Waals surface area contributed by atoms with Crippen molar-refractivity contribution in [2.45, 2.75) is 6.92 Å². The molecular formula is C18H14Br2N2O2S. The van der Waals surface area contributed by atoms with E-state index >= 15 is 0 Å². The minimum atomic E-state index is -0.147. The molecule has 7 heteroatoms. The lowest BCUT2D eigenvalue weighted by molar-refractivity contribution is -0.115. The Hall–Kier alpha value is -1.57. The Bertz CT molecular complexity index is 864. The zero-order valence-corrected chi connectivity index (χ0v) is 17.2. The number of nitrogens with one attached hydrogen (secondary N) is 1. The fourth-order valence-corrected chi connectivity index (χ4v) is 3.76. The maximum Gasteiger partial charge on any atom is 0.264 e. The smallest absolute Gasteiger partial charge is 0.264 e. The maximum atomic E-state index is 12.2. The zero-order chi connectivity index (χ0) is 17.8. The minimum Gasteiger partial charge on any atom is -0.493 e. The summed E-state index contributed by atoms with van der Waals surface area (Å²) < 4.78 is 7.34. The Balaban J connectivity index is 1.79. The van der Waals surface area contributed by atoms with E-state index in [9.17, 15) is 4.79 Å². The third-order valence-corrected chi connectivity index (χ3v) is 5.32. The number of nitrogens with zero attached hydrogens (tertiary/aromatic N) is 1. The van der Waals surface area contributed by atoms with Gasteiger partial charge in [0.05, 0.1) is 21.7 Å². The fraction of sp³-hybridized carbons (Fsp3) is 0.111. The molecule has 128 valence electrons. The molecular weight excluding hydrogens is 468 g/mol. The van der Waals surface area contributed by atoms with Crippen molar-refractivity contribution in [1.82, 2.24) is 5.32 Å². The first-order valence-corrected chi connectivity index (χ1v) is 9.93. The maximum absolute atomic E-state index is 12.2. The molecule has 1 heterocycles. The van der Waals surface area contributed by atoms with Crippen molar-refractivity contribution in [2.24, 2.45) is 4.99 Å². The second kappa shape index (κ2) is 8.21. The van der Waals surface area contributed by atoms with Crippen molar-refractivity contribution in [3.63, 3.8) is 0 Å².